The lowest BCUT2D eigenvalue weighted by molar-refractivity contribution is 0.364. The molecule has 2 aromatic rings. The van der Waals surface area contributed by atoms with Crippen molar-refractivity contribution in [3.8, 4) is 11.6 Å². The van der Waals surface area contributed by atoms with Crippen LogP contribution >= 0.6 is 0 Å². The number of nitrogens with one attached hydrogen (secondary N) is 2. The molecule has 1 saturated heterocycles. The molecule has 0 saturated carbocycles. The van der Waals surface area contributed by atoms with Crippen molar-refractivity contribution in [3.05, 3.63) is 12.2 Å². The van der Waals surface area contributed by atoms with Gasteiger partial charge in [0, 0.05) is 12.5 Å². The Hall–Kier alpha value is -1.76. The molecule has 1 aliphatic heterocycles. The van der Waals surface area contributed by atoms with E-state index in [2.05, 4.69) is 30.6 Å². The Morgan fingerprint density at radius 3 is 3.25 bits per heavy atom. The van der Waals surface area contributed by atoms with E-state index in [0.717, 1.165) is 13.0 Å². The lowest BCUT2D eigenvalue weighted by atomic mass is 10.1. The minimum absolute atomic E-state index is 0.461. The SMILES string of the molecule is c1n[nH]c(-c2noc(CC3CCCN3)n2)n1. The molecule has 7 heteroatoms. The zero-order valence-corrected chi connectivity index (χ0v) is 8.68. The molecule has 16 heavy (non-hydrogen) atoms. The Labute approximate surface area is 91.7 Å². The summed E-state index contributed by atoms with van der Waals surface area (Å²) in [5, 5.41) is 13.7. The third kappa shape index (κ3) is 1.81. The van der Waals surface area contributed by atoms with Gasteiger partial charge < -0.3 is 9.84 Å². The molecule has 0 amide bonds. The van der Waals surface area contributed by atoms with Crippen LogP contribution in [0.25, 0.3) is 11.6 Å². The maximum atomic E-state index is 5.16. The first kappa shape index (κ1) is 9.46. The van der Waals surface area contributed by atoms with Gasteiger partial charge >= 0.3 is 0 Å². The van der Waals surface area contributed by atoms with Crippen molar-refractivity contribution in [1.29, 1.82) is 0 Å². The van der Waals surface area contributed by atoms with E-state index in [1.165, 1.54) is 19.2 Å². The van der Waals surface area contributed by atoms with Gasteiger partial charge in [-0.25, -0.2) is 4.98 Å². The second-order valence-corrected chi connectivity index (χ2v) is 3.84. The predicted molar refractivity (Wildman–Crippen MR) is 54.4 cm³/mol. The van der Waals surface area contributed by atoms with Crippen LogP contribution in [0.5, 0.6) is 0 Å². The number of aromatic amines is 1. The molecule has 0 aromatic carbocycles. The lowest BCUT2D eigenvalue weighted by Gasteiger charge is -2.04. The fourth-order valence-electron chi connectivity index (χ4n) is 1.89. The summed E-state index contributed by atoms with van der Waals surface area (Å²) >= 11 is 0. The number of hydrogen-bond acceptors (Lipinski definition) is 6. The number of H-pyrrole nitrogens is 1. The highest BCUT2D eigenvalue weighted by Gasteiger charge is 2.18. The molecule has 0 aliphatic carbocycles. The number of nitrogens with zero attached hydrogens (tertiary/aromatic N) is 4. The third-order valence-corrected chi connectivity index (χ3v) is 2.68. The molecule has 84 valence electrons. The van der Waals surface area contributed by atoms with E-state index in [1.54, 1.807) is 0 Å². The first-order chi connectivity index (χ1) is 7.92. The van der Waals surface area contributed by atoms with Crippen LogP contribution < -0.4 is 5.32 Å². The lowest BCUT2D eigenvalue weighted by Crippen LogP contribution is -2.23. The molecule has 0 radical (unpaired) electrons. The second-order valence-electron chi connectivity index (χ2n) is 3.84. The van der Waals surface area contributed by atoms with Crippen LogP contribution in [0.15, 0.2) is 10.9 Å². The van der Waals surface area contributed by atoms with Gasteiger partial charge in [-0.3, -0.25) is 5.10 Å². The fourth-order valence-corrected chi connectivity index (χ4v) is 1.89. The van der Waals surface area contributed by atoms with Gasteiger partial charge in [-0.15, -0.1) is 0 Å². The summed E-state index contributed by atoms with van der Waals surface area (Å²) in [6.45, 7) is 1.08. The summed E-state index contributed by atoms with van der Waals surface area (Å²) < 4.78 is 5.16. The predicted octanol–water partition coefficient (Wildman–Crippen LogP) is 0.149. The minimum Gasteiger partial charge on any atom is -0.339 e. The van der Waals surface area contributed by atoms with Gasteiger partial charge in [0.2, 0.25) is 11.7 Å². The molecule has 3 rings (SSSR count). The van der Waals surface area contributed by atoms with Crippen LogP contribution in [0.3, 0.4) is 0 Å². The van der Waals surface area contributed by atoms with Gasteiger partial charge in [-0.2, -0.15) is 10.1 Å². The highest BCUT2D eigenvalue weighted by Crippen LogP contribution is 2.13. The zero-order valence-electron chi connectivity index (χ0n) is 8.68. The van der Waals surface area contributed by atoms with Crippen molar-refractivity contribution in [2.24, 2.45) is 0 Å². The van der Waals surface area contributed by atoms with Gasteiger partial charge in [0.15, 0.2) is 5.82 Å². The molecule has 2 N–H and O–H groups in total. The number of hydrogen-bond donors (Lipinski definition) is 2. The molecular weight excluding hydrogens is 208 g/mol. The smallest absolute Gasteiger partial charge is 0.239 e. The van der Waals surface area contributed by atoms with Gasteiger partial charge in [-0.1, -0.05) is 5.16 Å². The average Bonchev–Trinajstić information content (AvgIpc) is 2.99. The van der Waals surface area contributed by atoms with E-state index >= 15 is 0 Å². The Bertz CT molecular complexity index is 444. The number of aromatic nitrogens is 5. The van der Waals surface area contributed by atoms with Crippen LogP contribution in [0, 0.1) is 0 Å². The summed E-state index contributed by atoms with van der Waals surface area (Å²) in [6, 6.07) is 0.461. The van der Waals surface area contributed by atoms with Crippen molar-refractivity contribution in [1.82, 2.24) is 30.6 Å². The van der Waals surface area contributed by atoms with Crippen LogP contribution in [0.2, 0.25) is 0 Å². The van der Waals surface area contributed by atoms with Gasteiger partial charge in [0.25, 0.3) is 0 Å². The summed E-state index contributed by atoms with van der Waals surface area (Å²) in [5.74, 6) is 1.64. The molecular formula is C9H12N6O. The fraction of sp³-hybridized carbons (Fsp3) is 0.556. The summed E-state index contributed by atoms with van der Waals surface area (Å²) in [5.41, 5.74) is 0. The molecule has 0 spiro atoms. The molecule has 1 unspecified atom stereocenters. The highest BCUT2D eigenvalue weighted by molar-refractivity contribution is 5.39. The maximum absolute atomic E-state index is 5.16. The largest absolute Gasteiger partial charge is 0.339 e. The molecule has 3 heterocycles. The van der Waals surface area contributed by atoms with Crippen molar-refractivity contribution < 1.29 is 4.52 Å². The minimum atomic E-state index is 0.461. The zero-order chi connectivity index (χ0) is 10.8. The topological polar surface area (TPSA) is 92.5 Å². The van der Waals surface area contributed by atoms with Crippen molar-refractivity contribution in [3.63, 3.8) is 0 Å². The highest BCUT2D eigenvalue weighted by atomic mass is 16.5. The van der Waals surface area contributed by atoms with Gasteiger partial charge in [0.05, 0.1) is 0 Å². The molecule has 1 aliphatic rings. The molecule has 0 bridgehead atoms. The van der Waals surface area contributed by atoms with Crippen LogP contribution in [-0.2, 0) is 6.42 Å². The Balaban J connectivity index is 1.72. The standard InChI is InChI=1S/C9H12N6O/c1-2-6(10-3-1)4-7-13-9(15-16-7)8-11-5-12-14-8/h5-6,10H,1-4H2,(H,11,12,14). The maximum Gasteiger partial charge on any atom is 0.239 e. The van der Waals surface area contributed by atoms with E-state index in [4.69, 9.17) is 4.52 Å². The van der Waals surface area contributed by atoms with Crippen LogP contribution in [0.4, 0.5) is 0 Å². The first-order valence-electron chi connectivity index (χ1n) is 5.33. The van der Waals surface area contributed by atoms with Gasteiger partial charge in [0.1, 0.15) is 6.33 Å². The van der Waals surface area contributed by atoms with Gasteiger partial charge in [-0.05, 0) is 19.4 Å². The van der Waals surface area contributed by atoms with E-state index in [0.29, 0.717) is 23.6 Å². The third-order valence-electron chi connectivity index (χ3n) is 2.68. The Morgan fingerprint density at radius 1 is 1.50 bits per heavy atom. The van der Waals surface area contributed by atoms with Crippen molar-refractivity contribution in [2.45, 2.75) is 25.3 Å². The summed E-state index contributed by atoms with van der Waals surface area (Å²) in [7, 11) is 0. The van der Waals surface area contributed by atoms with E-state index in [1.807, 2.05) is 0 Å². The molecule has 2 aromatic heterocycles. The van der Waals surface area contributed by atoms with Crippen molar-refractivity contribution >= 4 is 0 Å². The van der Waals surface area contributed by atoms with Crippen molar-refractivity contribution in [2.75, 3.05) is 6.54 Å². The summed E-state index contributed by atoms with van der Waals surface area (Å²) in [4.78, 5) is 8.23. The molecule has 7 nitrogen and oxygen atoms in total. The summed E-state index contributed by atoms with van der Waals surface area (Å²) in [6.07, 6.45) is 4.58. The van der Waals surface area contributed by atoms with Crippen LogP contribution in [-0.4, -0.2) is 37.9 Å². The van der Waals surface area contributed by atoms with E-state index in [-0.39, 0.29) is 0 Å². The van der Waals surface area contributed by atoms with E-state index in [9.17, 15) is 0 Å². The second kappa shape index (κ2) is 4.01. The average molecular weight is 220 g/mol. The molecule has 1 atom stereocenters. The first-order valence-corrected chi connectivity index (χ1v) is 5.33. The Kier molecular flexibility index (Phi) is 2.37. The molecule has 1 fully saturated rings. The van der Waals surface area contributed by atoms with Crippen LogP contribution in [0.1, 0.15) is 18.7 Å². The number of rotatable bonds is 3. The monoisotopic (exact) mass is 220 g/mol. The quantitative estimate of drug-likeness (QED) is 0.764. The normalized spacial score (nSPS) is 20.4. The van der Waals surface area contributed by atoms with E-state index < -0.39 is 0 Å². The Morgan fingerprint density at radius 2 is 2.50 bits per heavy atom.